The van der Waals surface area contributed by atoms with Gasteiger partial charge in [0.2, 0.25) is 0 Å². The van der Waals surface area contributed by atoms with E-state index in [0.29, 0.717) is 0 Å². The molecule has 1 aliphatic carbocycles. The number of allylic oxidation sites excluding steroid dienone is 1. The van der Waals surface area contributed by atoms with Gasteiger partial charge in [-0.15, -0.1) is 0 Å². The van der Waals surface area contributed by atoms with Gasteiger partial charge < -0.3 is 5.32 Å². The first kappa shape index (κ1) is 15.0. The average molecular weight is 373 g/mol. The smallest absolute Gasteiger partial charge is 0.124 e. The molecule has 2 rings (SSSR count). The number of hydrogen-bond donors (Lipinski definition) is 1. The van der Waals surface area contributed by atoms with E-state index in [0.717, 1.165) is 9.99 Å². The van der Waals surface area contributed by atoms with Crippen LogP contribution in [0.2, 0.25) is 0 Å². The van der Waals surface area contributed by atoms with Crippen molar-refractivity contribution >= 4 is 22.6 Å². The molecule has 0 radical (unpaired) electrons. The maximum atomic E-state index is 13.2. The molecular formula is C16H21FIN. The van der Waals surface area contributed by atoms with Crippen LogP contribution < -0.4 is 5.32 Å². The average Bonchev–Trinajstić information content (AvgIpc) is 2.34. The van der Waals surface area contributed by atoms with Gasteiger partial charge in [0.15, 0.2) is 0 Å². The zero-order valence-electron chi connectivity index (χ0n) is 11.4. The highest BCUT2D eigenvalue weighted by atomic mass is 127. The zero-order valence-corrected chi connectivity index (χ0v) is 13.5. The number of halogens is 2. The Labute approximate surface area is 128 Å². The van der Waals surface area contributed by atoms with Crippen LogP contribution in [0.1, 0.15) is 50.1 Å². The van der Waals surface area contributed by atoms with Crippen LogP contribution in [0.25, 0.3) is 0 Å². The summed E-state index contributed by atoms with van der Waals surface area (Å²) in [6, 6.07) is 5.32. The zero-order chi connectivity index (χ0) is 13.7. The lowest BCUT2D eigenvalue weighted by Gasteiger charge is -2.23. The van der Waals surface area contributed by atoms with Crippen LogP contribution in [0, 0.1) is 9.39 Å². The van der Waals surface area contributed by atoms with Crippen molar-refractivity contribution in [3.05, 3.63) is 44.8 Å². The SMILES string of the molecule is CNC(/C1=C/CCCCCC1)c1ccc(F)cc1I. The van der Waals surface area contributed by atoms with Crippen molar-refractivity contribution in [3.8, 4) is 0 Å². The minimum Gasteiger partial charge on any atom is -0.310 e. The maximum absolute atomic E-state index is 13.2. The number of nitrogens with one attached hydrogen (secondary N) is 1. The normalized spacial score (nSPS) is 21.1. The lowest BCUT2D eigenvalue weighted by molar-refractivity contribution is 0.570. The van der Waals surface area contributed by atoms with E-state index in [2.05, 4.69) is 34.0 Å². The fourth-order valence-electron chi connectivity index (χ4n) is 2.75. The summed E-state index contributed by atoms with van der Waals surface area (Å²) in [4.78, 5) is 0. The van der Waals surface area contributed by atoms with E-state index in [1.165, 1.54) is 43.2 Å². The van der Waals surface area contributed by atoms with Gasteiger partial charge in [-0.05, 0) is 73.0 Å². The number of hydrogen-bond acceptors (Lipinski definition) is 1. The lowest BCUT2D eigenvalue weighted by atomic mass is 9.91. The van der Waals surface area contributed by atoms with Crippen molar-refractivity contribution in [2.24, 2.45) is 0 Å². The minimum atomic E-state index is -0.158. The van der Waals surface area contributed by atoms with Crippen molar-refractivity contribution in [2.75, 3.05) is 7.05 Å². The molecule has 1 atom stereocenters. The van der Waals surface area contributed by atoms with Gasteiger partial charge in [-0.2, -0.15) is 0 Å². The standard InChI is InChI=1S/C16H21FIN/c1-19-16(12-7-5-3-2-4-6-8-12)14-10-9-13(17)11-15(14)18/h7,9-11,16,19H,2-6,8H2,1H3/b12-7+. The molecule has 0 heterocycles. The number of rotatable bonds is 3. The van der Waals surface area contributed by atoms with Crippen LogP contribution in [0.5, 0.6) is 0 Å². The minimum absolute atomic E-state index is 0.158. The molecule has 0 fully saturated rings. The highest BCUT2D eigenvalue weighted by molar-refractivity contribution is 14.1. The third kappa shape index (κ3) is 4.02. The second-order valence-electron chi connectivity index (χ2n) is 5.12. The molecule has 19 heavy (non-hydrogen) atoms. The van der Waals surface area contributed by atoms with E-state index in [-0.39, 0.29) is 11.9 Å². The summed E-state index contributed by atoms with van der Waals surface area (Å²) in [5.74, 6) is -0.158. The van der Waals surface area contributed by atoms with E-state index in [1.807, 2.05) is 13.1 Å². The summed E-state index contributed by atoms with van der Waals surface area (Å²) in [5.41, 5.74) is 2.66. The van der Waals surface area contributed by atoms with Gasteiger partial charge >= 0.3 is 0 Å². The Kier molecular flexibility index (Phi) is 5.82. The summed E-state index contributed by atoms with van der Waals surface area (Å²) in [6.07, 6.45) is 9.95. The molecule has 0 saturated carbocycles. The fourth-order valence-corrected chi connectivity index (χ4v) is 3.54. The molecule has 1 nitrogen and oxygen atoms in total. The number of likely N-dealkylation sites (N-methyl/N-ethyl adjacent to an activating group) is 1. The van der Waals surface area contributed by atoms with Crippen LogP contribution in [-0.2, 0) is 0 Å². The Hall–Kier alpha value is -0.420. The summed E-state index contributed by atoms with van der Waals surface area (Å²) < 4.78 is 14.2. The largest absolute Gasteiger partial charge is 0.310 e. The van der Waals surface area contributed by atoms with E-state index in [9.17, 15) is 4.39 Å². The molecule has 1 unspecified atom stereocenters. The molecule has 0 aromatic heterocycles. The monoisotopic (exact) mass is 373 g/mol. The van der Waals surface area contributed by atoms with Crippen LogP contribution >= 0.6 is 22.6 Å². The first-order chi connectivity index (χ1) is 9.22. The van der Waals surface area contributed by atoms with Gasteiger partial charge in [0.25, 0.3) is 0 Å². The molecule has 0 bridgehead atoms. The summed E-state index contributed by atoms with van der Waals surface area (Å²) in [7, 11) is 1.99. The Morgan fingerprint density at radius 3 is 2.74 bits per heavy atom. The number of benzene rings is 1. The quantitative estimate of drug-likeness (QED) is 0.583. The van der Waals surface area contributed by atoms with Crippen molar-refractivity contribution in [2.45, 2.75) is 44.6 Å². The Morgan fingerprint density at radius 1 is 1.21 bits per heavy atom. The van der Waals surface area contributed by atoms with Gasteiger partial charge in [0, 0.05) is 3.57 Å². The second-order valence-corrected chi connectivity index (χ2v) is 6.28. The first-order valence-electron chi connectivity index (χ1n) is 7.03. The Balaban J connectivity index is 2.27. The molecule has 0 spiro atoms. The molecule has 104 valence electrons. The van der Waals surface area contributed by atoms with Crippen molar-refractivity contribution in [3.63, 3.8) is 0 Å². The van der Waals surface area contributed by atoms with Crippen molar-refractivity contribution in [1.29, 1.82) is 0 Å². The van der Waals surface area contributed by atoms with E-state index < -0.39 is 0 Å². The highest BCUT2D eigenvalue weighted by Gasteiger charge is 2.18. The molecule has 1 aromatic carbocycles. The molecule has 0 saturated heterocycles. The summed E-state index contributed by atoms with van der Waals surface area (Å²) in [5, 5.41) is 3.40. The fraction of sp³-hybridized carbons (Fsp3) is 0.500. The van der Waals surface area contributed by atoms with Crippen molar-refractivity contribution in [1.82, 2.24) is 5.32 Å². The van der Waals surface area contributed by atoms with Crippen LogP contribution in [0.3, 0.4) is 0 Å². The predicted octanol–water partition coefficient (Wildman–Crippen LogP) is 4.97. The Bertz CT molecular complexity index is 456. The third-order valence-corrected chi connectivity index (χ3v) is 4.69. The van der Waals surface area contributed by atoms with Crippen LogP contribution in [-0.4, -0.2) is 7.05 Å². The van der Waals surface area contributed by atoms with E-state index in [1.54, 1.807) is 12.1 Å². The molecular weight excluding hydrogens is 352 g/mol. The van der Waals surface area contributed by atoms with Gasteiger partial charge in [-0.3, -0.25) is 0 Å². The van der Waals surface area contributed by atoms with E-state index in [4.69, 9.17) is 0 Å². The highest BCUT2D eigenvalue weighted by Crippen LogP contribution is 2.31. The molecule has 1 N–H and O–H groups in total. The van der Waals surface area contributed by atoms with E-state index >= 15 is 0 Å². The van der Waals surface area contributed by atoms with Crippen molar-refractivity contribution < 1.29 is 4.39 Å². The lowest BCUT2D eigenvalue weighted by Crippen LogP contribution is -2.20. The van der Waals surface area contributed by atoms with Gasteiger partial charge in [0.1, 0.15) is 5.82 Å². The van der Waals surface area contributed by atoms with Gasteiger partial charge in [0.05, 0.1) is 6.04 Å². The molecule has 1 aromatic rings. The molecule has 0 amide bonds. The first-order valence-corrected chi connectivity index (χ1v) is 8.11. The van der Waals surface area contributed by atoms with Gasteiger partial charge in [-0.1, -0.05) is 30.6 Å². The predicted molar refractivity (Wildman–Crippen MR) is 86.7 cm³/mol. The Morgan fingerprint density at radius 2 is 2.00 bits per heavy atom. The topological polar surface area (TPSA) is 12.0 Å². The summed E-state index contributed by atoms with van der Waals surface area (Å²) >= 11 is 2.23. The maximum Gasteiger partial charge on any atom is 0.124 e. The molecule has 1 aliphatic rings. The summed E-state index contributed by atoms with van der Waals surface area (Å²) in [6.45, 7) is 0. The third-order valence-electron chi connectivity index (χ3n) is 3.76. The second kappa shape index (κ2) is 7.39. The molecule has 0 aliphatic heterocycles. The van der Waals surface area contributed by atoms with Crippen LogP contribution in [0.15, 0.2) is 29.8 Å². The van der Waals surface area contributed by atoms with Crippen LogP contribution in [0.4, 0.5) is 4.39 Å². The van der Waals surface area contributed by atoms with Gasteiger partial charge in [-0.25, -0.2) is 4.39 Å². The molecule has 3 heteroatoms.